The van der Waals surface area contributed by atoms with Crippen molar-refractivity contribution < 1.29 is 14.3 Å². The van der Waals surface area contributed by atoms with E-state index in [0.717, 1.165) is 5.56 Å². The zero-order valence-corrected chi connectivity index (χ0v) is 12.8. The van der Waals surface area contributed by atoms with Crippen molar-refractivity contribution in [1.82, 2.24) is 5.32 Å². The van der Waals surface area contributed by atoms with Crippen molar-refractivity contribution in [3.63, 3.8) is 0 Å². The lowest BCUT2D eigenvalue weighted by molar-refractivity contribution is -0.146. The molecular formula is C16H23NO3. The van der Waals surface area contributed by atoms with Gasteiger partial charge in [-0.25, -0.2) is 0 Å². The molecule has 110 valence electrons. The Morgan fingerprint density at radius 1 is 1.15 bits per heavy atom. The van der Waals surface area contributed by atoms with Crippen molar-refractivity contribution in [3.05, 3.63) is 35.9 Å². The number of benzene rings is 1. The highest BCUT2D eigenvalue weighted by molar-refractivity contribution is 5.83. The van der Waals surface area contributed by atoms with Gasteiger partial charge in [-0.1, -0.05) is 51.1 Å². The summed E-state index contributed by atoms with van der Waals surface area (Å²) in [5.41, 5.74) is 0.381. The molecule has 0 saturated carbocycles. The van der Waals surface area contributed by atoms with Crippen LogP contribution in [-0.2, 0) is 14.3 Å². The van der Waals surface area contributed by atoms with Gasteiger partial charge in [0.25, 0.3) is 0 Å². The second-order valence-corrected chi connectivity index (χ2v) is 5.92. The summed E-state index contributed by atoms with van der Waals surface area (Å²) in [6, 6.07) is 9.07. The number of hydrogen-bond acceptors (Lipinski definition) is 3. The fourth-order valence-electron chi connectivity index (χ4n) is 1.84. The third kappa shape index (κ3) is 4.08. The Morgan fingerprint density at radius 2 is 1.70 bits per heavy atom. The molecule has 0 aliphatic heterocycles. The molecule has 0 radical (unpaired) electrons. The van der Waals surface area contributed by atoms with E-state index in [-0.39, 0.29) is 11.9 Å². The van der Waals surface area contributed by atoms with Crippen molar-refractivity contribution in [2.75, 3.05) is 7.11 Å². The molecule has 4 nitrogen and oxygen atoms in total. The average molecular weight is 277 g/mol. The average Bonchev–Trinajstić information content (AvgIpc) is 2.42. The zero-order chi connectivity index (χ0) is 15.3. The van der Waals surface area contributed by atoms with Crippen molar-refractivity contribution in [2.45, 2.75) is 33.7 Å². The maximum Gasteiger partial charge on any atom is 0.310 e. The van der Waals surface area contributed by atoms with Crippen LogP contribution in [0.4, 0.5) is 0 Å². The van der Waals surface area contributed by atoms with E-state index in [1.165, 1.54) is 7.11 Å². The van der Waals surface area contributed by atoms with Crippen LogP contribution in [0.25, 0.3) is 0 Å². The normalized spacial score (nSPS) is 14.2. The van der Waals surface area contributed by atoms with E-state index in [0.29, 0.717) is 0 Å². The Bertz CT molecular complexity index is 462. The van der Waals surface area contributed by atoms with Crippen molar-refractivity contribution in [1.29, 1.82) is 0 Å². The van der Waals surface area contributed by atoms with Gasteiger partial charge in [0.2, 0.25) is 5.91 Å². The number of ether oxygens (including phenoxy) is 1. The largest absolute Gasteiger partial charge is 0.469 e. The topological polar surface area (TPSA) is 55.4 Å². The fourth-order valence-corrected chi connectivity index (χ4v) is 1.84. The molecular weight excluding hydrogens is 254 g/mol. The minimum absolute atomic E-state index is 0.0953. The Balaban J connectivity index is 3.03. The first-order chi connectivity index (χ1) is 9.27. The Morgan fingerprint density at radius 3 is 2.15 bits per heavy atom. The van der Waals surface area contributed by atoms with E-state index in [4.69, 9.17) is 4.74 Å². The number of rotatable bonds is 4. The predicted molar refractivity (Wildman–Crippen MR) is 78.0 cm³/mol. The first-order valence-corrected chi connectivity index (χ1v) is 6.71. The van der Waals surface area contributed by atoms with Crippen molar-refractivity contribution >= 4 is 11.9 Å². The standard InChI is InChI=1S/C16H23NO3/c1-11(14(18)20-5)13(12-9-7-6-8-10-12)17-15(19)16(2,3)4/h6-11,13H,1-5H3,(H,17,19)/t11-,13+/m0/s1. The van der Waals surface area contributed by atoms with Gasteiger partial charge >= 0.3 is 5.97 Å². The minimum Gasteiger partial charge on any atom is -0.469 e. The molecule has 0 fully saturated rings. The summed E-state index contributed by atoms with van der Waals surface area (Å²) in [5.74, 6) is -0.885. The Kier molecular flexibility index (Phi) is 5.31. The molecule has 20 heavy (non-hydrogen) atoms. The van der Waals surface area contributed by atoms with Crippen LogP contribution in [0, 0.1) is 11.3 Å². The number of nitrogens with one attached hydrogen (secondary N) is 1. The number of methoxy groups -OCH3 is 1. The van der Waals surface area contributed by atoms with Gasteiger partial charge < -0.3 is 10.1 Å². The van der Waals surface area contributed by atoms with Crippen LogP contribution in [0.1, 0.15) is 39.3 Å². The van der Waals surface area contributed by atoms with Gasteiger partial charge in [0, 0.05) is 5.41 Å². The minimum atomic E-state index is -0.511. The molecule has 4 heteroatoms. The van der Waals surface area contributed by atoms with Crippen LogP contribution in [0.5, 0.6) is 0 Å². The monoisotopic (exact) mass is 277 g/mol. The van der Waals surface area contributed by atoms with Crippen LogP contribution in [0.2, 0.25) is 0 Å². The highest BCUT2D eigenvalue weighted by Crippen LogP contribution is 2.25. The molecule has 2 atom stereocenters. The molecule has 0 aliphatic rings. The lowest BCUT2D eigenvalue weighted by Gasteiger charge is -2.27. The molecule has 0 unspecified atom stereocenters. The van der Waals surface area contributed by atoms with E-state index in [1.807, 2.05) is 51.1 Å². The number of amides is 1. The Labute approximate surface area is 120 Å². The molecule has 1 amide bonds. The summed E-state index contributed by atoms with van der Waals surface area (Å²) in [4.78, 5) is 24.0. The molecule has 0 aromatic heterocycles. The molecule has 0 bridgehead atoms. The first-order valence-electron chi connectivity index (χ1n) is 6.71. The number of carbonyl (C=O) groups excluding carboxylic acids is 2. The highest BCUT2D eigenvalue weighted by Gasteiger charge is 2.31. The lowest BCUT2D eigenvalue weighted by Crippen LogP contribution is -2.41. The quantitative estimate of drug-likeness (QED) is 0.861. The molecule has 1 rings (SSSR count). The molecule has 0 spiro atoms. The van der Waals surface area contributed by atoms with E-state index in [1.54, 1.807) is 6.92 Å². The van der Waals surface area contributed by atoms with E-state index < -0.39 is 17.4 Å². The van der Waals surface area contributed by atoms with E-state index in [9.17, 15) is 9.59 Å². The SMILES string of the molecule is COC(=O)[C@@H](C)[C@@H](NC(=O)C(C)(C)C)c1ccccc1. The summed E-state index contributed by atoms with van der Waals surface area (Å²) >= 11 is 0. The summed E-state index contributed by atoms with van der Waals surface area (Å²) in [5, 5.41) is 2.95. The zero-order valence-electron chi connectivity index (χ0n) is 12.8. The summed E-state index contributed by atoms with van der Waals surface area (Å²) in [6.45, 7) is 7.28. The maximum atomic E-state index is 12.2. The van der Waals surface area contributed by atoms with Gasteiger partial charge in [-0.2, -0.15) is 0 Å². The smallest absolute Gasteiger partial charge is 0.310 e. The highest BCUT2D eigenvalue weighted by atomic mass is 16.5. The van der Waals surface area contributed by atoms with Crippen molar-refractivity contribution in [2.24, 2.45) is 11.3 Å². The molecule has 0 saturated heterocycles. The molecule has 1 aromatic carbocycles. The second-order valence-electron chi connectivity index (χ2n) is 5.92. The summed E-state index contributed by atoms with van der Waals surface area (Å²) < 4.78 is 4.79. The van der Waals surface area contributed by atoms with E-state index in [2.05, 4.69) is 5.32 Å². The number of hydrogen-bond donors (Lipinski definition) is 1. The van der Waals surface area contributed by atoms with E-state index >= 15 is 0 Å². The molecule has 0 aliphatic carbocycles. The number of carbonyl (C=O) groups is 2. The third-order valence-electron chi connectivity index (χ3n) is 3.20. The van der Waals surface area contributed by atoms with Gasteiger partial charge in [-0.05, 0) is 12.5 Å². The maximum absolute atomic E-state index is 12.2. The fraction of sp³-hybridized carbons (Fsp3) is 0.500. The van der Waals surface area contributed by atoms with Crippen LogP contribution < -0.4 is 5.32 Å². The lowest BCUT2D eigenvalue weighted by atomic mass is 9.90. The van der Waals surface area contributed by atoms with Crippen LogP contribution in [-0.4, -0.2) is 19.0 Å². The molecule has 1 N–H and O–H groups in total. The number of esters is 1. The van der Waals surface area contributed by atoms with Crippen LogP contribution in [0.15, 0.2) is 30.3 Å². The third-order valence-corrected chi connectivity index (χ3v) is 3.20. The van der Waals surface area contributed by atoms with Gasteiger partial charge in [0.05, 0.1) is 19.1 Å². The van der Waals surface area contributed by atoms with Gasteiger partial charge in [0.1, 0.15) is 0 Å². The molecule has 0 heterocycles. The second kappa shape index (κ2) is 6.55. The predicted octanol–water partition coefficient (Wildman–Crippen LogP) is 2.70. The molecule has 1 aromatic rings. The van der Waals surface area contributed by atoms with Gasteiger partial charge in [-0.15, -0.1) is 0 Å². The van der Waals surface area contributed by atoms with Crippen molar-refractivity contribution in [3.8, 4) is 0 Å². The summed E-state index contributed by atoms with van der Waals surface area (Å²) in [7, 11) is 1.35. The van der Waals surface area contributed by atoms with Gasteiger partial charge in [-0.3, -0.25) is 9.59 Å². The van der Waals surface area contributed by atoms with Crippen LogP contribution in [0.3, 0.4) is 0 Å². The van der Waals surface area contributed by atoms with Gasteiger partial charge in [0.15, 0.2) is 0 Å². The first kappa shape index (κ1) is 16.2. The Hall–Kier alpha value is -1.84. The summed E-state index contributed by atoms with van der Waals surface area (Å²) in [6.07, 6.45) is 0. The van der Waals surface area contributed by atoms with Crippen LogP contribution >= 0.6 is 0 Å².